The van der Waals surface area contributed by atoms with Crippen LogP contribution in [0.2, 0.25) is 0 Å². The number of likely N-dealkylation sites (tertiary alicyclic amines) is 1. The molecule has 2 nitrogen and oxygen atoms in total. The summed E-state index contributed by atoms with van der Waals surface area (Å²) in [7, 11) is 0. The topological polar surface area (TPSA) is 27.1 Å². The van der Waals surface area contributed by atoms with Crippen LogP contribution in [0, 0.1) is 17.2 Å². The van der Waals surface area contributed by atoms with Crippen LogP contribution in [0.25, 0.3) is 0 Å². The van der Waals surface area contributed by atoms with Gasteiger partial charge >= 0.3 is 0 Å². The predicted octanol–water partition coefficient (Wildman–Crippen LogP) is 3.27. The van der Waals surface area contributed by atoms with Crippen LogP contribution in [0.15, 0.2) is 0 Å². The van der Waals surface area contributed by atoms with E-state index in [1.807, 2.05) is 0 Å². The lowest BCUT2D eigenvalue weighted by atomic mass is 9.91. The lowest BCUT2D eigenvalue weighted by Gasteiger charge is -2.40. The molecule has 2 atom stereocenters. The number of nitrogens with zero attached hydrogens (tertiary/aromatic N) is 1. The van der Waals surface area contributed by atoms with Crippen molar-refractivity contribution >= 4 is 5.84 Å². The van der Waals surface area contributed by atoms with E-state index in [-0.39, 0.29) is 0 Å². The monoisotopic (exact) mass is 208 g/mol. The minimum Gasteiger partial charge on any atom is -0.358 e. The highest BCUT2D eigenvalue weighted by Gasteiger charge is 2.29. The van der Waals surface area contributed by atoms with Gasteiger partial charge in [0.15, 0.2) is 0 Å². The summed E-state index contributed by atoms with van der Waals surface area (Å²) in [5.74, 6) is 2.39. The fourth-order valence-electron chi connectivity index (χ4n) is 3.20. The minimum atomic E-state index is 0.584. The quantitative estimate of drug-likeness (QED) is 0.519. The molecule has 15 heavy (non-hydrogen) atoms. The molecule has 2 unspecified atom stereocenters. The first-order valence-corrected chi connectivity index (χ1v) is 6.53. The third kappa shape index (κ3) is 2.35. The van der Waals surface area contributed by atoms with E-state index >= 15 is 0 Å². The average molecular weight is 208 g/mol. The summed E-state index contributed by atoms with van der Waals surface area (Å²) in [6.07, 6.45) is 7.75. The third-order valence-corrected chi connectivity index (χ3v) is 4.19. The summed E-state index contributed by atoms with van der Waals surface area (Å²) in [6, 6.07) is 0.599. The summed E-state index contributed by atoms with van der Waals surface area (Å²) in [4.78, 5) is 2.37. The molecular formula is C13H24N2. The molecule has 0 bridgehead atoms. The Hall–Kier alpha value is -0.530. The van der Waals surface area contributed by atoms with Crippen molar-refractivity contribution in [1.29, 1.82) is 5.41 Å². The second-order valence-electron chi connectivity index (χ2n) is 5.54. The highest BCUT2D eigenvalue weighted by Crippen LogP contribution is 2.30. The van der Waals surface area contributed by atoms with Gasteiger partial charge in [-0.05, 0) is 38.5 Å². The predicted molar refractivity (Wildman–Crippen MR) is 64.3 cm³/mol. The van der Waals surface area contributed by atoms with Gasteiger partial charge in [0.05, 0.1) is 5.84 Å². The molecule has 1 heterocycles. The highest BCUT2D eigenvalue weighted by molar-refractivity contribution is 5.82. The first-order chi connectivity index (χ1) is 7.18. The van der Waals surface area contributed by atoms with Gasteiger partial charge in [0.25, 0.3) is 0 Å². The smallest absolute Gasteiger partial charge is 0.0991 e. The second kappa shape index (κ2) is 4.54. The number of hydrogen-bond acceptors (Lipinski definition) is 1. The third-order valence-electron chi connectivity index (χ3n) is 4.19. The maximum atomic E-state index is 8.30. The standard InChI is InChI=1S/C13H24N2/c1-10-7-8-15(11(2)9-10)13(14)12-5-3-4-6-12/h10-12,14H,3-9H2,1-2H3. The Kier molecular flexibility index (Phi) is 3.32. The molecule has 1 aliphatic carbocycles. The van der Waals surface area contributed by atoms with Gasteiger partial charge in [0, 0.05) is 18.5 Å². The van der Waals surface area contributed by atoms with Crippen molar-refractivity contribution < 1.29 is 0 Å². The molecule has 1 saturated heterocycles. The van der Waals surface area contributed by atoms with Crippen LogP contribution in [0.3, 0.4) is 0 Å². The van der Waals surface area contributed by atoms with Crippen molar-refractivity contribution in [2.24, 2.45) is 11.8 Å². The summed E-state index contributed by atoms with van der Waals surface area (Å²) in [5, 5.41) is 8.30. The highest BCUT2D eigenvalue weighted by atomic mass is 15.2. The van der Waals surface area contributed by atoms with Crippen molar-refractivity contribution in [2.45, 2.75) is 58.4 Å². The van der Waals surface area contributed by atoms with Gasteiger partial charge in [-0.15, -0.1) is 0 Å². The fraction of sp³-hybridized carbons (Fsp3) is 0.923. The van der Waals surface area contributed by atoms with E-state index in [0.29, 0.717) is 12.0 Å². The van der Waals surface area contributed by atoms with E-state index in [2.05, 4.69) is 18.7 Å². The Labute approximate surface area is 93.6 Å². The fourth-order valence-corrected chi connectivity index (χ4v) is 3.20. The zero-order valence-electron chi connectivity index (χ0n) is 10.1. The molecule has 2 fully saturated rings. The normalized spacial score (nSPS) is 33.3. The molecule has 0 amide bonds. The molecule has 1 saturated carbocycles. The van der Waals surface area contributed by atoms with Crippen molar-refractivity contribution in [3.63, 3.8) is 0 Å². The SMILES string of the molecule is CC1CCN(C(=N)C2CCCC2)C(C)C1. The summed E-state index contributed by atoms with van der Waals surface area (Å²) < 4.78 is 0. The Morgan fingerprint density at radius 3 is 2.40 bits per heavy atom. The Bertz CT molecular complexity index is 231. The number of hydrogen-bond donors (Lipinski definition) is 1. The van der Waals surface area contributed by atoms with Crippen LogP contribution in [-0.2, 0) is 0 Å². The van der Waals surface area contributed by atoms with Crippen LogP contribution in [0.4, 0.5) is 0 Å². The van der Waals surface area contributed by atoms with Crippen LogP contribution >= 0.6 is 0 Å². The molecule has 0 spiro atoms. The summed E-state index contributed by atoms with van der Waals surface area (Å²) in [6.45, 7) is 5.75. The van der Waals surface area contributed by atoms with Gasteiger partial charge in [-0.25, -0.2) is 0 Å². The largest absolute Gasteiger partial charge is 0.358 e. The van der Waals surface area contributed by atoms with Crippen molar-refractivity contribution in [2.75, 3.05) is 6.54 Å². The molecule has 2 rings (SSSR count). The first-order valence-electron chi connectivity index (χ1n) is 6.53. The van der Waals surface area contributed by atoms with Gasteiger partial charge < -0.3 is 4.90 Å². The Morgan fingerprint density at radius 2 is 1.80 bits per heavy atom. The maximum absolute atomic E-state index is 8.30. The van der Waals surface area contributed by atoms with Crippen molar-refractivity contribution in [1.82, 2.24) is 4.90 Å². The molecule has 2 aliphatic rings. The van der Waals surface area contributed by atoms with Crippen LogP contribution < -0.4 is 0 Å². The van der Waals surface area contributed by atoms with E-state index in [1.54, 1.807) is 0 Å². The van der Waals surface area contributed by atoms with E-state index in [9.17, 15) is 0 Å². The van der Waals surface area contributed by atoms with Gasteiger partial charge in [-0.3, -0.25) is 5.41 Å². The van der Waals surface area contributed by atoms with Crippen LogP contribution in [0.1, 0.15) is 52.4 Å². The van der Waals surface area contributed by atoms with Crippen LogP contribution in [-0.4, -0.2) is 23.3 Å². The summed E-state index contributed by atoms with van der Waals surface area (Å²) in [5.41, 5.74) is 0. The molecule has 0 aromatic rings. The molecular weight excluding hydrogens is 184 g/mol. The van der Waals surface area contributed by atoms with Gasteiger partial charge in [0.2, 0.25) is 0 Å². The van der Waals surface area contributed by atoms with Crippen molar-refractivity contribution in [3.05, 3.63) is 0 Å². The second-order valence-corrected chi connectivity index (χ2v) is 5.54. The van der Waals surface area contributed by atoms with E-state index < -0.39 is 0 Å². The maximum Gasteiger partial charge on any atom is 0.0991 e. The molecule has 0 aromatic heterocycles. The first kappa shape index (κ1) is 11.0. The average Bonchev–Trinajstić information content (AvgIpc) is 2.69. The van der Waals surface area contributed by atoms with E-state index in [0.717, 1.165) is 18.3 Å². The van der Waals surface area contributed by atoms with E-state index in [1.165, 1.54) is 38.5 Å². The Balaban J connectivity index is 1.94. The lowest BCUT2D eigenvalue weighted by molar-refractivity contribution is 0.200. The van der Waals surface area contributed by atoms with Gasteiger partial charge in [-0.2, -0.15) is 0 Å². The number of nitrogens with one attached hydrogen (secondary N) is 1. The summed E-state index contributed by atoms with van der Waals surface area (Å²) >= 11 is 0. The van der Waals surface area contributed by atoms with Crippen LogP contribution in [0.5, 0.6) is 0 Å². The molecule has 0 radical (unpaired) electrons. The lowest BCUT2D eigenvalue weighted by Crippen LogP contribution is -2.46. The zero-order chi connectivity index (χ0) is 10.8. The molecule has 86 valence electrons. The Morgan fingerprint density at radius 1 is 1.13 bits per heavy atom. The number of piperidine rings is 1. The molecule has 2 heteroatoms. The van der Waals surface area contributed by atoms with E-state index in [4.69, 9.17) is 5.41 Å². The number of amidine groups is 1. The van der Waals surface area contributed by atoms with Crippen molar-refractivity contribution in [3.8, 4) is 0 Å². The molecule has 1 aliphatic heterocycles. The van der Waals surface area contributed by atoms with Gasteiger partial charge in [0.1, 0.15) is 0 Å². The molecule has 1 N–H and O–H groups in total. The number of rotatable bonds is 1. The zero-order valence-corrected chi connectivity index (χ0v) is 10.1. The van der Waals surface area contributed by atoms with Gasteiger partial charge in [-0.1, -0.05) is 19.8 Å². The minimum absolute atomic E-state index is 0.584. The molecule has 0 aromatic carbocycles.